The van der Waals surface area contributed by atoms with Crippen molar-refractivity contribution in [3.05, 3.63) is 84.4 Å². The molecule has 0 fully saturated rings. The van der Waals surface area contributed by atoms with Crippen LogP contribution in [0.1, 0.15) is 38.7 Å². The summed E-state index contributed by atoms with van der Waals surface area (Å²) in [5.41, 5.74) is 15.6. The van der Waals surface area contributed by atoms with Crippen molar-refractivity contribution in [2.24, 2.45) is 11.7 Å². The van der Waals surface area contributed by atoms with Gasteiger partial charge in [-0.1, -0.05) is 74.9 Å². The number of nitrogens with two attached hydrogens (primary N) is 2. The van der Waals surface area contributed by atoms with Gasteiger partial charge in [0.05, 0.1) is 17.5 Å². The Morgan fingerprint density at radius 1 is 0.950 bits per heavy atom. The highest BCUT2D eigenvalue weighted by Gasteiger charge is 2.31. The smallest absolute Gasteiger partial charge is 0.243 e. The van der Waals surface area contributed by atoms with Gasteiger partial charge in [0, 0.05) is 24.8 Å². The largest absolute Gasteiger partial charge is 0.399 e. The van der Waals surface area contributed by atoms with Crippen LogP contribution >= 0.6 is 0 Å². The molecule has 2 atom stereocenters. The maximum atomic E-state index is 13.4. The third-order valence-corrected chi connectivity index (χ3v) is 8.72. The number of sulfonamides is 1. The molecule has 2 unspecified atom stereocenters. The monoisotopic (exact) mass is 566 g/mol. The van der Waals surface area contributed by atoms with Crippen molar-refractivity contribution in [1.82, 2.24) is 9.62 Å². The standard InChI is InChI=1S/C31H42N4O4S/c1-23(2)21-35(40(38,39)28-17-15-26(32)16-18-28)27(22-36)13-8-9-19-34-31(37)30(33)20-25-12-6-7-14-29(25)24-10-4-3-5-11-24/h3-7,10-12,14-18,23,27,30,36H,8-9,13,19-22,32-33H2,1-2H3,(H,34,37). The Balaban J connectivity index is 1.53. The van der Waals surface area contributed by atoms with Crippen molar-refractivity contribution in [1.29, 1.82) is 0 Å². The molecule has 216 valence electrons. The zero-order valence-corrected chi connectivity index (χ0v) is 24.2. The first-order valence-electron chi connectivity index (χ1n) is 13.8. The van der Waals surface area contributed by atoms with Crippen LogP contribution in [0.5, 0.6) is 0 Å². The van der Waals surface area contributed by atoms with Gasteiger partial charge >= 0.3 is 0 Å². The normalized spacial score (nSPS) is 13.3. The molecular weight excluding hydrogens is 524 g/mol. The van der Waals surface area contributed by atoms with Crippen LogP contribution in [0.2, 0.25) is 0 Å². The molecular formula is C31H42N4O4S. The Labute approximate surface area is 238 Å². The number of carbonyl (C=O) groups is 1. The molecule has 0 spiro atoms. The van der Waals surface area contributed by atoms with Gasteiger partial charge in [-0.15, -0.1) is 0 Å². The minimum atomic E-state index is -3.81. The molecule has 0 radical (unpaired) electrons. The van der Waals surface area contributed by atoms with Gasteiger partial charge in [0.1, 0.15) is 0 Å². The third kappa shape index (κ3) is 8.63. The van der Waals surface area contributed by atoms with Crippen LogP contribution in [0.25, 0.3) is 11.1 Å². The van der Waals surface area contributed by atoms with Crippen molar-refractivity contribution >= 4 is 21.6 Å². The Bertz CT molecular complexity index is 1310. The van der Waals surface area contributed by atoms with E-state index in [0.29, 0.717) is 37.9 Å². The third-order valence-electron chi connectivity index (χ3n) is 6.79. The number of aliphatic hydroxyl groups excluding tert-OH is 1. The van der Waals surface area contributed by atoms with Crippen LogP contribution in [0.4, 0.5) is 5.69 Å². The SMILES string of the molecule is CC(C)CN(C(CO)CCCCNC(=O)C(N)Cc1ccccc1-c1ccccc1)S(=O)(=O)c1ccc(N)cc1. The van der Waals surface area contributed by atoms with Crippen LogP contribution in [0, 0.1) is 5.92 Å². The molecule has 1 amide bonds. The highest BCUT2D eigenvalue weighted by atomic mass is 32.2. The Morgan fingerprint density at radius 3 is 2.25 bits per heavy atom. The summed E-state index contributed by atoms with van der Waals surface area (Å²) in [5.74, 6) is -0.153. The summed E-state index contributed by atoms with van der Waals surface area (Å²) in [6.07, 6.45) is 2.14. The van der Waals surface area contributed by atoms with Crippen molar-refractivity contribution in [2.45, 2.75) is 56.5 Å². The molecule has 0 aromatic heterocycles. The molecule has 3 aromatic carbocycles. The fraction of sp³-hybridized carbons (Fsp3) is 0.387. The van der Waals surface area contributed by atoms with Crippen LogP contribution < -0.4 is 16.8 Å². The lowest BCUT2D eigenvalue weighted by molar-refractivity contribution is -0.122. The van der Waals surface area contributed by atoms with E-state index in [-0.39, 0.29) is 29.9 Å². The molecule has 9 heteroatoms. The fourth-order valence-corrected chi connectivity index (χ4v) is 6.49. The van der Waals surface area contributed by atoms with Crippen LogP contribution in [-0.4, -0.2) is 55.5 Å². The van der Waals surface area contributed by atoms with Gasteiger partial charge in [0.25, 0.3) is 0 Å². The second kappa shape index (κ2) is 14.9. The van der Waals surface area contributed by atoms with Gasteiger partial charge in [-0.2, -0.15) is 4.31 Å². The first-order chi connectivity index (χ1) is 19.1. The molecule has 0 saturated carbocycles. The van der Waals surface area contributed by atoms with Gasteiger partial charge in [-0.05, 0) is 66.1 Å². The van der Waals surface area contributed by atoms with Crippen LogP contribution in [-0.2, 0) is 21.2 Å². The molecule has 0 bridgehead atoms. The predicted molar refractivity (Wildman–Crippen MR) is 161 cm³/mol. The van der Waals surface area contributed by atoms with Crippen molar-refractivity contribution in [2.75, 3.05) is 25.4 Å². The number of nitrogens with one attached hydrogen (secondary N) is 1. The molecule has 0 heterocycles. The number of aliphatic hydroxyl groups is 1. The van der Waals surface area contributed by atoms with Crippen LogP contribution in [0.3, 0.4) is 0 Å². The van der Waals surface area contributed by atoms with E-state index in [1.165, 1.54) is 16.4 Å². The number of hydrogen-bond acceptors (Lipinski definition) is 6. The first-order valence-corrected chi connectivity index (χ1v) is 15.2. The number of nitrogens with zero attached hydrogens (tertiary/aromatic N) is 1. The molecule has 0 saturated heterocycles. The lowest BCUT2D eigenvalue weighted by atomic mass is 9.95. The van der Waals surface area contributed by atoms with E-state index >= 15 is 0 Å². The van der Waals surface area contributed by atoms with E-state index in [0.717, 1.165) is 16.7 Å². The average Bonchev–Trinajstić information content (AvgIpc) is 2.94. The number of amides is 1. The van der Waals surface area contributed by atoms with E-state index in [1.54, 1.807) is 12.1 Å². The van der Waals surface area contributed by atoms with Gasteiger partial charge in [-0.25, -0.2) is 8.42 Å². The molecule has 0 aliphatic rings. The van der Waals surface area contributed by atoms with Gasteiger partial charge in [0.15, 0.2) is 0 Å². The molecule has 6 N–H and O–H groups in total. The summed E-state index contributed by atoms with van der Waals surface area (Å²) in [7, 11) is -3.81. The summed E-state index contributed by atoms with van der Waals surface area (Å²) in [5, 5.41) is 13.0. The quantitative estimate of drug-likeness (QED) is 0.163. The van der Waals surface area contributed by atoms with Gasteiger partial charge in [0.2, 0.25) is 15.9 Å². The average molecular weight is 567 g/mol. The maximum Gasteiger partial charge on any atom is 0.243 e. The first kappa shape index (κ1) is 31.3. The number of anilines is 1. The number of unbranched alkanes of at least 4 members (excludes halogenated alkanes) is 1. The molecule has 3 rings (SSSR count). The number of carbonyl (C=O) groups excluding carboxylic acids is 1. The van der Waals surface area contributed by atoms with E-state index in [9.17, 15) is 18.3 Å². The number of hydrogen-bond donors (Lipinski definition) is 4. The zero-order chi connectivity index (χ0) is 29.1. The van der Waals surface area contributed by atoms with E-state index < -0.39 is 22.1 Å². The fourth-order valence-electron chi connectivity index (χ4n) is 4.68. The van der Waals surface area contributed by atoms with Crippen molar-refractivity contribution in [3.63, 3.8) is 0 Å². The number of nitrogen functional groups attached to an aromatic ring is 1. The summed E-state index contributed by atoms with van der Waals surface area (Å²) in [4.78, 5) is 12.9. The summed E-state index contributed by atoms with van der Waals surface area (Å²) >= 11 is 0. The van der Waals surface area contributed by atoms with Gasteiger partial charge in [-0.3, -0.25) is 4.79 Å². The lowest BCUT2D eigenvalue weighted by Gasteiger charge is -2.31. The zero-order valence-electron chi connectivity index (χ0n) is 23.4. The Hall–Kier alpha value is -3.24. The second-order valence-electron chi connectivity index (χ2n) is 10.5. The van der Waals surface area contributed by atoms with Crippen molar-refractivity contribution in [3.8, 4) is 11.1 Å². The van der Waals surface area contributed by atoms with Gasteiger partial charge < -0.3 is 21.9 Å². The molecule has 0 aliphatic heterocycles. The van der Waals surface area contributed by atoms with E-state index in [1.807, 2.05) is 68.4 Å². The Morgan fingerprint density at radius 2 is 1.60 bits per heavy atom. The number of rotatable bonds is 15. The van der Waals surface area contributed by atoms with Crippen LogP contribution in [0.15, 0.2) is 83.8 Å². The van der Waals surface area contributed by atoms with E-state index in [4.69, 9.17) is 11.5 Å². The second-order valence-corrected chi connectivity index (χ2v) is 12.4. The maximum absolute atomic E-state index is 13.4. The molecule has 3 aromatic rings. The summed E-state index contributed by atoms with van der Waals surface area (Å²) in [6.45, 7) is 4.29. The highest BCUT2D eigenvalue weighted by molar-refractivity contribution is 7.89. The highest BCUT2D eigenvalue weighted by Crippen LogP contribution is 2.25. The molecule has 8 nitrogen and oxygen atoms in total. The summed E-state index contributed by atoms with van der Waals surface area (Å²) in [6, 6.07) is 22.8. The molecule has 40 heavy (non-hydrogen) atoms. The minimum absolute atomic E-state index is 0.0744. The number of benzene rings is 3. The lowest BCUT2D eigenvalue weighted by Crippen LogP contribution is -2.44. The minimum Gasteiger partial charge on any atom is -0.399 e. The van der Waals surface area contributed by atoms with E-state index in [2.05, 4.69) is 5.32 Å². The Kier molecular flexibility index (Phi) is 11.7. The topological polar surface area (TPSA) is 139 Å². The predicted octanol–water partition coefficient (Wildman–Crippen LogP) is 3.80. The molecule has 0 aliphatic carbocycles. The summed E-state index contributed by atoms with van der Waals surface area (Å²) < 4.78 is 28.2. The van der Waals surface area contributed by atoms with Crippen molar-refractivity contribution < 1.29 is 18.3 Å².